The molecule has 0 bridgehead atoms. The Morgan fingerprint density at radius 3 is 2.69 bits per heavy atom. The zero-order valence-electron chi connectivity index (χ0n) is 14.6. The Labute approximate surface area is 163 Å². The van der Waals surface area contributed by atoms with Crippen molar-refractivity contribution < 1.29 is 28.2 Å². The van der Waals surface area contributed by atoms with Gasteiger partial charge in [-0.3, -0.25) is 9.59 Å². The predicted molar refractivity (Wildman–Crippen MR) is 102 cm³/mol. The lowest BCUT2D eigenvalue weighted by Gasteiger charge is -2.11. The average molecular weight is 447 g/mol. The second-order valence-corrected chi connectivity index (χ2v) is 7.24. The van der Waals surface area contributed by atoms with E-state index in [1.807, 2.05) is 0 Å². The third-order valence-electron chi connectivity index (χ3n) is 3.56. The fourth-order valence-electron chi connectivity index (χ4n) is 2.32. The van der Waals surface area contributed by atoms with Crippen LogP contribution in [-0.2, 0) is 9.53 Å². The van der Waals surface area contributed by atoms with Crippen LogP contribution in [0.5, 0.6) is 11.5 Å². The average Bonchev–Trinajstić information content (AvgIpc) is 3.06. The number of hydrogen-bond donors (Lipinski definition) is 0. The van der Waals surface area contributed by atoms with E-state index in [2.05, 4.69) is 15.9 Å². The van der Waals surface area contributed by atoms with Crippen molar-refractivity contribution in [2.24, 2.45) is 0 Å². The van der Waals surface area contributed by atoms with Crippen molar-refractivity contribution in [1.29, 1.82) is 0 Å². The van der Waals surface area contributed by atoms with Crippen molar-refractivity contribution in [3.8, 4) is 11.5 Å². The SMILES string of the molecule is CCOC(=O)CCC(=O)c1cc2c(F)c(OCCCBr)c(OC)cc2s1. The quantitative estimate of drug-likeness (QED) is 0.228. The van der Waals surface area contributed by atoms with Gasteiger partial charge in [-0.05, 0) is 19.4 Å². The molecule has 8 heteroatoms. The number of rotatable bonds is 10. The summed E-state index contributed by atoms with van der Waals surface area (Å²) < 4.78 is 31.0. The van der Waals surface area contributed by atoms with Crippen molar-refractivity contribution in [3.63, 3.8) is 0 Å². The molecule has 1 aromatic heterocycles. The molecule has 142 valence electrons. The molecule has 0 aliphatic carbocycles. The molecule has 5 nitrogen and oxygen atoms in total. The summed E-state index contributed by atoms with van der Waals surface area (Å²) in [6.45, 7) is 2.33. The summed E-state index contributed by atoms with van der Waals surface area (Å²) in [4.78, 5) is 24.1. The zero-order valence-corrected chi connectivity index (χ0v) is 17.0. The topological polar surface area (TPSA) is 61.8 Å². The van der Waals surface area contributed by atoms with E-state index in [4.69, 9.17) is 14.2 Å². The van der Waals surface area contributed by atoms with Crippen LogP contribution < -0.4 is 9.47 Å². The summed E-state index contributed by atoms with van der Waals surface area (Å²) in [5, 5.41) is 1.06. The van der Waals surface area contributed by atoms with Gasteiger partial charge < -0.3 is 14.2 Å². The molecule has 0 amide bonds. The van der Waals surface area contributed by atoms with Crippen LogP contribution in [0.15, 0.2) is 12.1 Å². The molecule has 1 heterocycles. The standard InChI is InChI=1S/C18H20BrFO5S/c1-3-24-16(22)6-5-12(21)15-9-11-14(26-15)10-13(23-2)18(17(11)20)25-8-4-7-19/h9-10H,3-8H2,1-2H3. The highest BCUT2D eigenvalue weighted by Crippen LogP contribution is 2.40. The number of alkyl halides is 1. The summed E-state index contributed by atoms with van der Waals surface area (Å²) in [6.07, 6.45) is 0.758. The van der Waals surface area contributed by atoms with Crippen LogP contribution in [0.25, 0.3) is 10.1 Å². The van der Waals surface area contributed by atoms with E-state index in [1.165, 1.54) is 24.5 Å². The van der Waals surface area contributed by atoms with Gasteiger partial charge in [0.1, 0.15) is 0 Å². The summed E-state index contributed by atoms with van der Waals surface area (Å²) in [5.41, 5.74) is 0. The summed E-state index contributed by atoms with van der Waals surface area (Å²) in [5.74, 6) is -0.854. The summed E-state index contributed by atoms with van der Waals surface area (Å²) in [7, 11) is 1.44. The van der Waals surface area contributed by atoms with E-state index in [9.17, 15) is 14.0 Å². The normalized spacial score (nSPS) is 10.8. The van der Waals surface area contributed by atoms with Crippen LogP contribution in [0.2, 0.25) is 0 Å². The first kappa shape index (κ1) is 20.6. The van der Waals surface area contributed by atoms with Gasteiger partial charge in [0.2, 0.25) is 0 Å². The van der Waals surface area contributed by atoms with Gasteiger partial charge in [-0.15, -0.1) is 11.3 Å². The van der Waals surface area contributed by atoms with Crippen LogP contribution in [0.1, 0.15) is 35.9 Å². The Morgan fingerprint density at radius 1 is 1.27 bits per heavy atom. The van der Waals surface area contributed by atoms with Crippen molar-refractivity contribution in [2.75, 3.05) is 25.7 Å². The minimum absolute atomic E-state index is 0.00757. The van der Waals surface area contributed by atoms with Gasteiger partial charge in [-0.25, -0.2) is 4.39 Å². The molecule has 0 unspecified atom stereocenters. The molecular formula is C18H20BrFO5S. The zero-order chi connectivity index (χ0) is 19.1. The fraction of sp³-hybridized carbons (Fsp3) is 0.444. The Hall–Kier alpha value is -1.67. The van der Waals surface area contributed by atoms with E-state index in [0.29, 0.717) is 21.6 Å². The highest BCUT2D eigenvalue weighted by molar-refractivity contribution is 9.09. The molecule has 0 N–H and O–H groups in total. The minimum Gasteiger partial charge on any atom is -0.493 e. The van der Waals surface area contributed by atoms with Gasteiger partial charge >= 0.3 is 5.97 Å². The molecule has 0 saturated heterocycles. The molecular weight excluding hydrogens is 427 g/mol. The highest BCUT2D eigenvalue weighted by Gasteiger charge is 2.20. The summed E-state index contributed by atoms with van der Waals surface area (Å²) in [6, 6.07) is 3.16. The van der Waals surface area contributed by atoms with Gasteiger partial charge in [0.25, 0.3) is 0 Å². The Bertz CT molecular complexity index is 789. The molecule has 0 aliphatic heterocycles. The monoisotopic (exact) mass is 446 g/mol. The molecule has 2 rings (SSSR count). The smallest absolute Gasteiger partial charge is 0.306 e. The maximum Gasteiger partial charge on any atom is 0.306 e. The second-order valence-electron chi connectivity index (χ2n) is 5.36. The number of carbonyl (C=O) groups excluding carboxylic acids is 2. The molecule has 1 aromatic carbocycles. The summed E-state index contributed by atoms with van der Waals surface area (Å²) >= 11 is 4.46. The van der Waals surface area contributed by atoms with Gasteiger partial charge in [-0.1, -0.05) is 15.9 Å². The third-order valence-corrected chi connectivity index (χ3v) is 5.25. The number of ketones is 1. The molecule has 0 saturated carbocycles. The number of methoxy groups -OCH3 is 1. The lowest BCUT2D eigenvalue weighted by molar-refractivity contribution is -0.143. The fourth-order valence-corrected chi connectivity index (χ4v) is 3.61. The number of fused-ring (bicyclic) bond motifs is 1. The Balaban J connectivity index is 2.25. The maximum atomic E-state index is 14.8. The van der Waals surface area contributed by atoms with Crippen LogP contribution in [-0.4, -0.2) is 37.4 Å². The predicted octanol–water partition coefficient (Wildman–Crippen LogP) is 4.74. The maximum absolute atomic E-state index is 14.8. The number of halogens is 2. The number of benzene rings is 1. The Kier molecular flexibility index (Phi) is 7.84. The number of thiophene rings is 1. The van der Waals surface area contributed by atoms with Crippen LogP contribution >= 0.6 is 27.3 Å². The largest absolute Gasteiger partial charge is 0.493 e. The first-order chi connectivity index (χ1) is 12.5. The van der Waals surface area contributed by atoms with Gasteiger partial charge in [-0.2, -0.15) is 0 Å². The molecule has 26 heavy (non-hydrogen) atoms. The van der Waals surface area contributed by atoms with Crippen molar-refractivity contribution in [1.82, 2.24) is 0 Å². The third kappa shape index (κ3) is 4.94. The van der Waals surface area contributed by atoms with E-state index in [-0.39, 0.29) is 36.7 Å². The number of hydrogen-bond acceptors (Lipinski definition) is 6. The number of carbonyl (C=O) groups is 2. The van der Waals surface area contributed by atoms with E-state index >= 15 is 0 Å². The number of Topliss-reactive ketones (excluding diaryl/α,β-unsaturated/α-hetero) is 1. The molecule has 0 radical (unpaired) electrons. The minimum atomic E-state index is -0.547. The number of ether oxygens (including phenoxy) is 3. The molecule has 0 atom stereocenters. The van der Waals surface area contributed by atoms with Crippen molar-refractivity contribution in [2.45, 2.75) is 26.2 Å². The van der Waals surface area contributed by atoms with E-state index in [1.54, 1.807) is 13.0 Å². The molecule has 0 spiro atoms. The van der Waals surface area contributed by atoms with Gasteiger partial charge in [0.15, 0.2) is 23.1 Å². The molecule has 2 aromatic rings. The lowest BCUT2D eigenvalue weighted by atomic mass is 10.1. The van der Waals surface area contributed by atoms with Gasteiger partial charge in [0, 0.05) is 27.9 Å². The van der Waals surface area contributed by atoms with Crippen molar-refractivity contribution in [3.05, 3.63) is 22.8 Å². The van der Waals surface area contributed by atoms with E-state index < -0.39 is 11.8 Å². The second kappa shape index (κ2) is 9.87. The van der Waals surface area contributed by atoms with Crippen LogP contribution in [0, 0.1) is 5.82 Å². The van der Waals surface area contributed by atoms with Crippen LogP contribution in [0.3, 0.4) is 0 Å². The van der Waals surface area contributed by atoms with Gasteiger partial charge in [0.05, 0.1) is 31.6 Å². The molecule has 0 aliphatic rings. The number of esters is 1. The lowest BCUT2D eigenvalue weighted by Crippen LogP contribution is -2.07. The first-order valence-corrected chi connectivity index (χ1v) is 10.1. The highest BCUT2D eigenvalue weighted by atomic mass is 79.9. The molecule has 0 fully saturated rings. The Morgan fingerprint density at radius 2 is 2.04 bits per heavy atom. The van der Waals surface area contributed by atoms with Crippen molar-refractivity contribution >= 4 is 49.1 Å². The van der Waals surface area contributed by atoms with E-state index in [0.717, 1.165) is 11.8 Å². The first-order valence-electron chi connectivity index (χ1n) is 8.19. The van der Waals surface area contributed by atoms with Crippen LogP contribution in [0.4, 0.5) is 4.39 Å².